The molecular formula is C8H12O4. The third kappa shape index (κ3) is 0.949. The Labute approximate surface area is 70.5 Å². The van der Waals surface area contributed by atoms with Crippen molar-refractivity contribution in [1.82, 2.24) is 0 Å². The first-order chi connectivity index (χ1) is 5.66. The van der Waals surface area contributed by atoms with Gasteiger partial charge >= 0.3 is 5.97 Å². The quantitative estimate of drug-likeness (QED) is 0.619. The number of hydrogen-bond donors (Lipinski definition) is 1. The van der Waals surface area contributed by atoms with Crippen molar-refractivity contribution in [2.24, 2.45) is 17.3 Å². The third-order valence-corrected chi connectivity index (χ3v) is 2.99. The lowest BCUT2D eigenvalue weighted by Gasteiger charge is -2.07. The van der Waals surface area contributed by atoms with Crippen LogP contribution in [0.4, 0.5) is 0 Å². The second-order valence-corrected chi connectivity index (χ2v) is 3.77. The molecule has 1 aliphatic heterocycles. The number of carboxylic acid groups (broad SMARTS) is 1. The van der Waals surface area contributed by atoms with Gasteiger partial charge in [-0.2, -0.15) is 0 Å². The normalized spacial score (nSPS) is 46.1. The number of hydrogen-bond acceptors (Lipinski definition) is 3. The Morgan fingerprint density at radius 2 is 2.33 bits per heavy atom. The zero-order chi connectivity index (χ0) is 8.77. The Morgan fingerprint density at radius 1 is 1.58 bits per heavy atom. The first-order valence-corrected chi connectivity index (χ1v) is 4.04. The van der Waals surface area contributed by atoms with Crippen molar-refractivity contribution < 1.29 is 19.4 Å². The topological polar surface area (TPSA) is 55.8 Å². The second kappa shape index (κ2) is 2.44. The molecule has 0 spiro atoms. The number of aliphatic carboxylic acids is 1. The maximum atomic E-state index is 10.7. The predicted molar refractivity (Wildman–Crippen MR) is 39.5 cm³/mol. The minimum Gasteiger partial charge on any atom is -0.481 e. The zero-order valence-corrected chi connectivity index (χ0v) is 6.95. The molecule has 0 radical (unpaired) electrons. The van der Waals surface area contributed by atoms with Gasteiger partial charge in [-0.05, 0) is 0 Å². The Morgan fingerprint density at radius 3 is 3.00 bits per heavy atom. The molecule has 68 valence electrons. The van der Waals surface area contributed by atoms with E-state index in [4.69, 9.17) is 14.6 Å². The first-order valence-electron chi connectivity index (χ1n) is 4.04. The lowest BCUT2D eigenvalue weighted by Crippen LogP contribution is -2.14. The summed E-state index contributed by atoms with van der Waals surface area (Å²) in [5.74, 6) is -0.841. The molecule has 2 aliphatic rings. The minimum absolute atomic E-state index is 0.150. The molecule has 0 amide bonds. The number of ether oxygens (including phenoxy) is 2. The van der Waals surface area contributed by atoms with Crippen LogP contribution in [0.15, 0.2) is 0 Å². The molecule has 1 saturated carbocycles. The highest BCUT2D eigenvalue weighted by Gasteiger charge is 2.66. The maximum Gasteiger partial charge on any atom is 0.307 e. The molecule has 0 bridgehead atoms. The molecule has 0 aromatic carbocycles. The largest absolute Gasteiger partial charge is 0.481 e. The maximum absolute atomic E-state index is 10.7. The van der Waals surface area contributed by atoms with Gasteiger partial charge in [0.2, 0.25) is 0 Å². The van der Waals surface area contributed by atoms with Gasteiger partial charge in [-0.15, -0.1) is 0 Å². The molecule has 0 aromatic rings. The fourth-order valence-electron chi connectivity index (χ4n) is 2.09. The van der Waals surface area contributed by atoms with Crippen molar-refractivity contribution in [3.63, 3.8) is 0 Å². The van der Waals surface area contributed by atoms with E-state index in [1.807, 2.05) is 6.92 Å². The second-order valence-electron chi connectivity index (χ2n) is 3.77. The Balaban J connectivity index is 2.10. The van der Waals surface area contributed by atoms with Crippen LogP contribution in [-0.4, -0.2) is 31.1 Å². The number of carbonyl (C=O) groups is 1. The van der Waals surface area contributed by atoms with Crippen LogP contribution in [0.2, 0.25) is 0 Å². The lowest BCUT2D eigenvalue weighted by molar-refractivity contribution is -0.141. The van der Waals surface area contributed by atoms with E-state index >= 15 is 0 Å². The molecule has 1 N–H and O–H groups in total. The Bertz CT molecular complexity index is 215. The highest BCUT2D eigenvalue weighted by atomic mass is 16.7. The highest BCUT2D eigenvalue weighted by Crippen LogP contribution is 2.59. The van der Waals surface area contributed by atoms with Gasteiger partial charge < -0.3 is 14.6 Å². The summed E-state index contributed by atoms with van der Waals surface area (Å²) in [7, 11) is 0. The fourth-order valence-corrected chi connectivity index (χ4v) is 2.09. The summed E-state index contributed by atoms with van der Waals surface area (Å²) in [6.45, 7) is 3.28. The molecule has 0 unspecified atom stereocenters. The molecule has 4 nitrogen and oxygen atoms in total. The SMILES string of the molecule is C[C@@]12COCOC[C@@H]1[C@H]2C(=O)O. The van der Waals surface area contributed by atoms with Crippen molar-refractivity contribution in [2.75, 3.05) is 20.0 Å². The van der Waals surface area contributed by atoms with Crippen LogP contribution in [-0.2, 0) is 14.3 Å². The van der Waals surface area contributed by atoms with Gasteiger partial charge in [0.05, 0.1) is 19.1 Å². The molecule has 0 aromatic heterocycles. The summed E-state index contributed by atoms with van der Waals surface area (Å²) in [4.78, 5) is 10.7. The molecule has 2 rings (SSSR count). The van der Waals surface area contributed by atoms with Gasteiger partial charge in [0.25, 0.3) is 0 Å². The average molecular weight is 172 g/mol. The Hall–Kier alpha value is -0.610. The predicted octanol–water partition coefficient (Wildman–Crippen LogP) is 0.328. The Kier molecular flexibility index (Phi) is 1.63. The molecule has 1 aliphatic carbocycles. The summed E-state index contributed by atoms with van der Waals surface area (Å²) in [6, 6.07) is 0. The number of rotatable bonds is 1. The van der Waals surface area contributed by atoms with Crippen molar-refractivity contribution in [2.45, 2.75) is 6.92 Å². The van der Waals surface area contributed by atoms with Crippen LogP contribution in [0.3, 0.4) is 0 Å². The van der Waals surface area contributed by atoms with Crippen molar-refractivity contribution in [3.05, 3.63) is 0 Å². The van der Waals surface area contributed by atoms with Crippen LogP contribution in [0.5, 0.6) is 0 Å². The van der Waals surface area contributed by atoms with Crippen molar-refractivity contribution in [1.29, 1.82) is 0 Å². The van der Waals surface area contributed by atoms with E-state index < -0.39 is 5.97 Å². The summed E-state index contributed by atoms with van der Waals surface area (Å²) in [6.07, 6.45) is 0. The van der Waals surface area contributed by atoms with E-state index in [1.54, 1.807) is 0 Å². The van der Waals surface area contributed by atoms with Gasteiger partial charge in [0.15, 0.2) is 0 Å². The lowest BCUT2D eigenvalue weighted by atomic mass is 10.1. The van der Waals surface area contributed by atoms with Crippen LogP contribution in [0, 0.1) is 17.3 Å². The molecule has 4 heteroatoms. The van der Waals surface area contributed by atoms with E-state index in [1.165, 1.54) is 0 Å². The van der Waals surface area contributed by atoms with E-state index in [0.29, 0.717) is 20.0 Å². The van der Waals surface area contributed by atoms with Crippen LogP contribution >= 0.6 is 0 Å². The summed E-state index contributed by atoms with van der Waals surface area (Å²) in [5, 5.41) is 8.83. The van der Waals surface area contributed by atoms with E-state index in [9.17, 15) is 4.79 Å². The van der Waals surface area contributed by atoms with Gasteiger partial charge in [-0.1, -0.05) is 6.92 Å². The summed E-state index contributed by atoms with van der Waals surface area (Å²) in [5.41, 5.74) is -0.178. The first kappa shape index (κ1) is 8.01. The molecule has 1 saturated heterocycles. The molecule has 3 atom stereocenters. The molecular weight excluding hydrogens is 160 g/mol. The third-order valence-electron chi connectivity index (χ3n) is 2.99. The van der Waals surface area contributed by atoms with E-state index in [0.717, 1.165) is 0 Å². The van der Waals surface area contributed by atoms with Crippen molar-refractivity contribution >= 4 is 5.97 Å². The molecule has 12 heavy (non-hydrogen) atoms. The van der Waals surface area contributed by atoms with Crippen molar-refractivity contribution in [3.8, 4) is 0 Å². The zero-order valence-electron chi connectivity index (χ0n) is 6.95. The standard InChI is InChI=1S/C8H12O4/c1-8-3-12-4-11-2-5(8)6(8)7(9)10/h5-6H,2-4H2,1H3,(H,9,10)/t5-,6+,8-/m1/s1. The van der Waals surface area contributed by atoms with Gasteiger partial charge in [0, 0.05) is 11.3 Å². The number of carboxylic acids is 1. The van der Waals surface area contributed by atoms with Crippen LogP contribution in [0.1, 0.15) is 6.92 Å². The summed E-state index contributed by atoms with van der Waals surface area (Å²) < 4.78 is 10.3. The van der Waals surface area contributed by atoms with E-state index in [-0.39, 0.29) is 17.3 Å². The monoisotopic (exact) mass is 172 g/mol. The van der Waals surface area contributed by atoms with Crippen LogP contribution < -0.4 is 0 Å². The van der Waals surface area contributed by atoms with Gasteiger partial charge in [-0.25, -0.2) is 0 Å². The van der Waals surface area contributed by atoms with E-state index in [2.05, 4.69) is 0 Å². The molecule has 2 fully saturated rings. The minimum atomic E-state index is -0.725. The van der Waals surface area contributed by atoms with Gasteiger partial charge in [0.1, 0.15) is 6.79 Å². The fraction of sp³-hybridized carbons (Fsp3) is 0.875. The summed E-state index contributed by atoms with van der Waals surface area (Å²) >= 11 is 0. The average Bonchev–Trinajstić information content (AvgIpc) is 2.56. The van der Waals surface area contributed by atoms with Gasteiger partial charge in [-0.3, -0.25) is 4.79 Å². The highest BCUT2D eigenvalue weighted by molar-refractivity contribution is 5.75. The smallest absolute Gasteiger partial charge is 0.307 e. The van der Waals surface area contributed by atoms with Crippen LogP contribution in [0.25, 0.3) is 0 Å². The molecule has 1 heterocycles. The number of fused-ring (bicyclic) bond motifs is 1.